The minimum Gasteiger partial charge on any atom is -0.350 e. The molecule has 4 aliphatic rings. The molecule has 11 atom stereocenters. The SMILES string of the molecule is CCCCC(C)NC(=O)c1cc(C(=O)NC2CC(C(=O)NC3CCCc4ccccc43)N(C(=O)C(NC(=O)C(C)N)C(C)(C)C)C2)cc(C(=O)NC2CC(C(=O)NC3CCCc4ccccc43)N(C(=O)C(NC(=O)C(C)NC)C(C)(C)C)C2)c1. The number of carbonyl (C=O) groups excluding carboxylic acids is 9. The van der Waals surface area contributed by atoms with Crippen molar-refractivity contribution in [1.29, 1.82) is 0 Å². The maximum Gasteiger partial charge on any atom is 0.251 e. The van der Waals surface area contributed by atoms with E-state index >= 15 is 0 Å². The van der Waals surface area contributed by atoms with E-state index in [1.807, 2.05) is 83.1 Å². The standard InChI is InChI=1S/C64H91N11O9/c1-12-13-20-36(2)67-56(78)41-29-42(57(79)68-44-32-50(59(81)70-48-27-18-23-39-21-14-16-25-46(39)48)74(34-44)61(83)52(63(5,6)7)72-54(76)37(3)65)31-43(30-41)58(80)69-45-33-51(60(82)71-49-28-19-24-40-22-15-17-26-47(40)49)75(35-45)62(84)53(64(8,9)10)73-55(77)38(4)66-11/h14-17,21-22,25-26,29-31,36-38,44-45,48-53,66H,12-13,18-20,23-24,27-28,32-35,65H2,1-11H3,(H,67,78)(H,68,79)(H,69,80)(H,70,81)(H,71,82)(H,72,76)(H,73,77). The lowest BCUT2D eigenvalue weighted by Gasteiger charge is -2.36. The summed E-state index contributed by atoms with van der Waals surface area (Å²) < 4.78 is 0. The number of benzene rings is 3. The summed E-state index contributed by atoms with van der Waals surface area (Å²) in [5.74, 6) is -4.69. The Kier molecular flexibility index (Phi) is 21.2. The van der Waals surface area contributed by atoms with Gasteiger partial charge < -0.3 is 58.1 Å². The van der Waals surface area contributed by atoms with Crippen LogP contribution in [0.1, 0.15) is 192 Å². The number of hydrogen-bond donors (Lipinski definition) is 9. The van der Waals surface area contributed by atoms with Crippen molar-refractivity contribution < 1.29 is 43.2 Å². The van der Waals surface area contributed by atoms with E-state index in [2.05, 4.69) is 42.5 Å². The van der Waals surface area contributed by atoms with Crippen molar-refractivity contribution in [3.63, 3.8) is 0 Å². The first-order valence-electron chi connectivity index (χ1n) is 30.2. The molecule has 7 rings (SSSR count). The molecule has 2 aliphatic heterocycles. The fourth-order valence-electron chi connectivity index (χ4n) is 12.0. The van der Waals surface area contributed by atoms with Gasteiger partial charge in [-0.05, 0) is 137 Å². The van der Waals surface area contributed by atoms with Crippen LogP contribution in [0.2, 0.25) is 0 Å². The average molecular weight is 1160 g/mol. The van der Waals surface area contributed by atoms with Gasteiger partial charge in [-0.1, -0.05) is 110 Å². The summed E-state index contributed by atoms with van der Waals surface area (Å²) in [4.78, 5) is 132. The number of rotatable bonds is 20. The summed E-state index contributed by atoms with van der Waals surface area (Å²) in [5, 5.41) is 24.1. The van der Waals surface area contributed by atoms with Crippen LogP contribution in [0.3, 0.4) is 0 Å². The van der Waals surface area contributed by atoms with Gasteiger partial charge in [-0.3, -0.25) is 43.2 Å². The van der Waals surface area contributed by atoms with Gasteiger partial charge in [0.25, 0.3) is 17.7 Å². The summed E-state index contributed by atoms with van der Waals surface area (Å²) >= 11 is 0. The highest BCUT2D eigenvalue weighted by Crippen LogP contribution is 2.34. The monoisotopic (exact) mass is 1160 g/mol. The quantitative estimate of drug-likeness (QED) is 0.0741. The van der Waals surface area contributed by atoms with Crippen LogP contribution >= 0.6 is 0 Å². The van der Waals surface area contributed by atoms with Crippen LogP contribution in [0.4, 0.5) is 0 Å². The predicted molar refractivity (Wildman–Crippen MR) is 321 cm³/mol. The Morgan fingerprint density at radius 3 is 1.40 bits per heavy atom. The van der Waals surface area contributed by atoms with Crippen molar-refractivity contribution in [2.24, 2.45) is 16.6 Å². The molecule has 456 valence electrons. The molecule has 0 spiro atoms. The number of unbranched alkanes of at least 4 members (excludes halogenated alkanes) is 1. The van der Waals surface area contributed by atoms with Gasteiger partial charge in [0.2, 0.25) is 35.4 Å². The van der Waals surface area contributed by atoms with Crippen molar-refractivity contribution in [3.8, 4) is 0 Å². The van der Waals surface area contributed by atoms with E-state index in [0.29, 0.717) is 19.3 Å². The second-order valence-corrected chi connectivity index (χ2v) is 25.9. The Morgan fingerprint density at radius 2 is 1.00 bits per heavy atom. The van der Waals surface area contributed by atoms with Crippen LogP contribution in [-0.4, -0.2) is 137 Å². The molecule has 3 aromatic rings. The largest absolute Gasteiger partial charge is 0.350 e. The van der Waals surface area contributed by atoms with Gasteiger partial charge in [0.15, 0.2) is 0 Å². The summed E-state index contributed by atoms with van der Waals surface area (Å²) in [6, 6.07) is 11.7. The second-order valence-electron chi connectivity index (χ2n) is 25.9. The summed E-state index contributed by atoms with van der Waals surface area (Å²) in [5.41, 5.74) is 8.52. The molecule has 84 heavy (non-hydrogen) atoms. The molecule has 2 saturated heterocycles. The second kappa shape index (κ2) is 27.7. The molecule has 0 radical (unpaired) electrons. The third-order valence-electron chi connectivity index (χ3n) is 16.9. The number of amides is 9. The number of hydrogen-bond acceptors (Lipinski definition) is 11. The molecule has 9 amide bonds. The van der Waals surface area contributed by atoms with Crippen molar-refractivity contribution >= 4 is 53.2 Å². The highest BCUT2D eigenvalue weighted by molar-refractivity contribution is 6.05. The van der Waals surface area contributed by atoms with Crippen molar-refractivity contribution in [3.05, 3.63) is 106 Å². The zero-order chi connectivity index (χ0) is 61.4. The number of fused-ring (bicyclic) bond motifs is 2. The van der Waals surface area contributed by atoms with Crippen LogP contribution in [0.15, 0.2) is 66.7 Å². The molecule has 0 saturated carbocycles. The third-order valence-corrected chi connectivity index (χ3v) is 16.9. The molecule has 20 heteroatoms. The lowest BCUT2D eigenvalue weighted by Crippen LogP contribution is -2.59. The number of nitrogens with one attached hydrogen (secondary N) is 8. The first-order valence-corrected chi connectivity index (χ1v) is 30.2. The predicted octanol–water partition coefficient (Wildman–Crippen LogP) is 4.80. The molecule has 0 bridgehead atoms. The summed E-state index contributed by atoms with van der Waals surface area (Å²) in [6.45, 7) is 17.8. The molecular weight excluding hydrogens is 1070 g/mol. The van der Waals surface area contributed by atoms with Crippen LogP contribution < -0.4 is 48.3 Å². The highest BCUT2D eigenvalue weighted by Gasteiger charge is 2.48. The Labute approximate surface area is 495 Å². The van der Waals surface area contributed by atoms with Gasteiger partial charge in [0, 0.05) is 47.9 Å². The first kappa shape index (κ1) is 64.4. The molecule has 2 fully saturated rings. The average Bonchev–Trinajstić information content (AvgIpc) is 2.95. The van der Waals surface area contributed by atoms with Gasteiger partial charge >= 0.3 is 0 Å². The van der Waals surface area contributed by atoms with Crippen molar-refractivity contribution in [2.75, 3.05) is 20.1 Å². The third kappa shape index (κ3) is 15.8. The Bertz CT molecular complexity index is 2930. The van der Waals surface area contributed by atoms with Crippen molar-refractivity contribution in [1.82, 2.24) is 52.3 Å². The Balaban J connectivity index is 1.18. The zero-order valence-electron chi connectivity index (χ0n) is 51.0. The number of aryl methyl sites for hydroxylation is 2. The molecule has 11 unspecified atom stereocenters. The topological polar surface area (TPSA) is 282 Å². The minimum absolute atomic E-state index is 0.00537. The maximum atomic E-state index is 14.9. The number of nitrogens with zero attached hydrogens (tertiary/aromatic N) is 2. The lowest BCUT2D eigenvalue weighted by atomic mass is 9.85. The van der Waals surface area contributed by atoms with Gasteiger partial charge in [0.05, 0.1) is 24.2 Å². The highest BCUT2D eigenvalue weighted by atomic mass is 16.2. The zero-order valence-corrected chi connectivity index (χ0v) is 51.0. The minimum atomic E-state index is -1.09. The number of carbonyl (C=O) groups is 9. The van der Waals surface area contributed by atoms with E-state index in [0.717, 1.165) is 60.8 Å². The molecular formula is C64H91N11O9. The van der Waals surface area contributed by atoms with E-state index in [-0.39, 0.29) is 60.7 Å². The van der Waals surface area contributed by atoms with Gasteiger partial charge in [-0.15, -0.1) is 0 Å². The molecule has 10 N–H and O–H groups in total. The summed E-state index contributed by atoms with van der Waals surface area (Å²) in [7, 11) is 1.64. The normalized spacial score (nSPS) is 22.1. The van der Waals surface area contributed by atoms with Crippen LogP contribution in [0.25, 0.3) is 0 Å². The number of likely N-dealkylation sites (tertiary alicyclic amines) is 2. The maximum absolute atomic E-state index is 14.9. The van der Waals surface area contributed by atoms with E-state index < -0.39 is 112 Å². The lowest BCUT2D eigenvalue weighted by molar-refractivity contribution is -0.144. The van der Waals surface area contributed by atoms with Gasteiger partial charge in [-0.25, -0.2) is 0 Å². The van der Waals surface area contributed by atoms with Gasteiger partial charge in [0.1, 0.15) is 24.2 Å². The molecule has 2 aliphatic carbocycles. The Morgan fingerprint density at radius 1 is 0.583 bits per heavy atom. The fourth-order valence-corrected chi connectivity index (χ4v) is 12.0. The molecule has 3 aromatic carbocycles. The van der Waals surface area contributed by atoms with Gasteiger partial charge in [-0.2, -0.15) is 0 Å². The smallest absolute Gasteiger partial charge is 0.251 e. The molecule has 20 nitrogen and oxygen atoms in total. The van der Waals surface area contributed by atoms with E-state index in [4.69, 9.17) is 5.73 Å². The van der Waals surface area contributed by atoms with E-state index in [9.17, 15) is 43.2 Å². The first-order chi connectivity index (χ1) is 39.7. The number of likely N-dealkylation sites (N-methyl/N-ethyl adjacent to an activating group) is 1. The van der Waals surface area contributed by atoms with E-state index in [1.54, 1.807) is 34.7 Å². The van der Waals surface area contributed by atoms with Crippen LogP contribution in [0, 0.1) is 10.8 Å². The van der Waals surface area contributed by atoms with Crippen LogP contribution in [-0.2, 0) is 41.6 Å². The van der Waals surface area contributed by atoms with E-state index in [1.165, 1.54) is 34.9 Å². The molecule has 2 heterocycles. The Hall–Kier alpha value is -7.19. The van der Waals surface area contributed by atoms with Crippen LogP contribution in [0.5, 0.6) is 0 Å². The molecule has 0 aromatic heterocycles. The van der Waals surface area contributed by atoms with Crippen molar-refractivity contribution in [2.45, 2.75) is 206 Å². The number of nitrogens with two attached hydrogens (primary N) is 1. The fraction of sp³-hybridized carbons (Fsp3) is 0.578. The summed E-state index contributed by atoms with van der Waals surface area (Å²) in [6.07, 6.45) is 7.29.